The molecule has 2 heterocycles. The second-order valence-electron chi connectivity index (χ2n) is 7.45. The van der Waals surface area contributed by atoms with Gasteiger partial charge in [0.05, 0.1) is 12.3 Å². The van der Waals surface area contributed by atoms with Crippen molar-refractivity contribution in [3.8, 4) is 0 Å². The minimum absolute atomic E-state index is 0.182. The average Bonchev–Trinajstić information content (AvgIpc) is 2.54. The predicted molar refractivity (Wildman–Crippen MR) is 93.7 cm³/mol. The van der Waals surface area contributed by atoms with Crippen molar-refractivity contribution < 1.29 is 14.3 Å². The number of carbonyl (C=O) groups is 1. The molecule has 5 nitrogen and oxygen atoms in total. The van der Waals surface area contributed by atoms with Gasteiger partial charge in [-0.3, -0.25) is 4.98 Å². The molecule has 0 aromatic carbocycles. The predicted octanol–water partition coefficient (Wildman–Crippen LogP) is 4.03. The molecule has 0 radical (unpaired) electrons. The average molecular weight is 334 g/mol. The van der Waals surface area contributed by atoms with E-state index in [1.165, 1.54) is 6.42 Å². The summed E-state index contributed by atoms with van der Waals surface area (Å²) in [5.41, 5.74) is 0.537. The first kappa shape index (κ1) is 18.7. The van der Waals surface area contributed by atoms with Crippen molar-refractivity contribution in [2.75, 3.05) is 19.7 Å². The highest BCUT2D eigenvalue weighted by Gasteiger charge is 2.27. The lowest BCUT2D eigenvalue weighted by Gasteiger charge is -2.34. The summed E-state index contributed by atoms with van der Waals surface area (Å²) in [6.45, 7) is 8.63. The van der Waals surface area contributed by atoms with Gasteiger partial charge in [-0.15, -0.1) is 0 Å². The van der Waals surface area contributed by atoms with Gasteiger partial charge in [0, 0.05) is 25.9 Å². The first-order valence-corrected chi connectivity index (χ1v) is 8.89. The van der Waals surface area contributed by atoms with Crippen molar-refractivity contribution in [2.24, 2.45) is 5.92 Å². The molecule has 1 aromatic heterocycles. The molecule has 0 saturated carbocycles. The van der Waals surface area contributed by atoms with Crippen LogP contribution in [0.4, 0.5) is 4.79 Å². The summed E-state index contributed by atoms with van der Waals surface area (Å²) >= 11 is 0. The normalized spacial score (nSPS) is 18.5. The third-order valence-electron chi connectivity index (χ3n) is 4.05. The van der Waals surface area contributed by atoms with Gasteiger partial charge < -0.3 is 14.4 Å². The molecule has 1 aliphatic heterocycles. The van der Waals surface area contributed by atoms with E-state index in [1.807, 2.05) is 43.9 Å². The summed E-state index contributed by atoms with van der Waals surface area (Å²) in [6, 6.07) is 5.85. The monoisotopic (exact) mass is 334 g/mol. The van der Waals surface area contributed by atoms with E-state index in [0.717, 1.165) is 44.7 Å². The number of pyridine rings is 1. The van der Waals surface area contributed by atoms with E-state index < -0.39 is 5.60 Å². The number of rotatable bonds is 6. The second-order valence-corrected chi connectivity index (χ2v) is 7.45. The van der Waals surface area contributed by atoms with Crippen LogP contribution < -0.4 is 0 Å². The van der Waals surface area contributed by atoms with Crippen LogP contribution in [-0.2, 0) is 16.1 Å². The van der Waals surface area contributed by atoms with Crippen LogP contribution in [0.1, 0.15) is 52.1 Å². The third-order valence-corrected chi connectivity index (χ3v) is 4.05. The fourth-order valence-electron chi connectivity index (χ4n) is 2.93. The molecule has 0 spiro atoms. The molecular formula is C19H30N2O3. The van der Waals surface area contributed by atoms with Crippen molar-refractivity contribution >= 4 is 6.09 Å². The van der Waals surface area contributed by atoms with Crippen LogP contribution in [-0.4, -0.2) is 41.3 Å². The lowest BCUT2D eigenvalue weighted by Crippen LogP contribution is -2.42. The molecule has 1 amide bonds. The molecular weight excluding hydrogens is 304 g/mol. The summed E-state index contributed by atoms with van der Waals surface area (Å²) in [6.07, 6.45) is 5.93. The van der Waals surface area contributed by atoms with Gasteiger partial charge in [-0.2, -0.15) is 0 Å². The molecule has 1 fully saturated rings. The number of likely N-dealkylation sites (tertiary alicyclic amines) is 1. The molecule has 1 atom stereocenters. The molecule has 5 heteroatoms. The summed E-state index contributed by atoms with van der Waals surface area (Å²) in [4.78, 5) is 18.3. The van der Waals surface area contributed by atoms with E-state index in [2.05, 4.69) is 4.98 Å². The Morgan fingerprint density at radius 2 is 2.21 bits per heavy atom. The Bertz CT molecular complexity index is 499. The van der Waals surface area contributed by atoms with Crippen LogP contribution in [0.25, 0.3) is 0 Å². The molecule has 1 saturated heterocycles. The quantitative estimate of drug-likeness (QED) is 0.737. The molecule has 0 N–H and O–H groups in total. The summed E-state index contributed by atoms with van der Waals surface area (Å²) in [7, 11) is 0. The number of carbonyl (C=O) groups excluding carboxylic acids is 1. The van der Waals surface area contributed by atoms with E-state index in [-0.39, 0.29) is 6.09 Å². The maximum atomic E-state index is 12.2. The van der Waals surface area contributed by atoms with Crippen molar-refractivity contribution in [3.63, 3.8) is 0 Å². The van der Waals surface area contributed by atoms with Crippen LogP contribution >= 0.6 is 0 Å². The third kappa shape index (κ3) is 6.87. The summed E-state index contributed by atoms with van der Waals surface area (Å²) in [5.74, 6) is 0.546. The number of piperidine rings is 1. The lowest BCUT2D eigenvalue weighted by molar-refractivity contribution is 0.0155. The van der Waals surface area contributed by atoms with Gasteiger partial charge in [-0.05, 0) is 64.5 Å². The van der Waals surface area contributed by atoms with E-state index >= 15 is 0 Å². The number of aromatic nitrogens is 1. The van der Waals surface area contributed by atoms with Crippen LogP contribution in [0.3, 0.4) is 0 Å². The van der Waals surface area contributed by atoms with Crippen LogP contribution in [0.15, 0.2) is 24.4 Å². The zero-order valence-corrected chi connectivity index (χ0v) is 15.2. The number of ether oxygens (including phenoxy) is 2. The lowest BCUT2D eigenvalue weighted by atomic mass is 9.94. The SMILES string of the molecule is CC(C)(C)OC(=O)N1CCCC(CCCOCc2ccccn2)C1. The van der Waals surface area contributed by atoms with Crippen molar-refractivity contribution in [1.82, 2.24) is 9.88 Å². The van der Waals surface area contributed by atoms with Crippen LogP contribution in [0, 0.1) is 5.92 Å². The smallest absolute Gasteiger partial charge is 0.410 e. The van der Waals surface area contributed by atoms with Gasteiger partial charge >= 0.3 is 6.09 Å². The van der Waals surface area contributed by atoms with Gasteiger partial charge in [0.1, 0.15) is 5.60 Å². The van der Waals surface area contributed by atoms with Crippen molar-refractivity contribution in [1.29, 1.82) is 0 Å². The van der Waals surface area contributed by atoms with E-state index in [1.54, 1.807) is 6.20 Å². The standard InChI is InChI=1S/C19H30N2O3/c1-19(2,3)24-18(22)21-12-6-8-16(14-21)9-7-13-23-15-17-10-4-5-11-20-17/h4-5,10-11,16H,6-9,12-15H2,1-3H3. The van der Waals surface area contributed by atoms with Gasteiger partial charge in [0.25, 0.3) is 0 Å². The molecule has 134 valence electrons. The Kier molecular flexibility index (Phi) is 7.03. The van der Waals surface area contributed by atoms with Gasteiger partial charge in [0.2, 0.25) is 0 Å². The molecule has 1 aromatic rings. The van der Waals surface area contributed by atoms with E-state index in [4.69, 9.17) is 9.47 Å². The van der Waals surface area contributed by atoms with Crippen molar-refractivity contribution in [2.45, 2.75) is 58.7 Å². The van der Waals surface area contributed by atoms with Crippen molar-refractivity contribution in [3.05, 3.63) is 30.1 Å². The van der Waals surface area contributed by atoms with Gasteiger partial charge in [-0.25, -0.2) is 4.79 Å². The summed E-state index contributed by atoms with van der Waals surface area (Å²) < 4.78 is 11.2. The zero-order valence-electron chi connectivity index (χ0n) is 15.2. The number of nitrogens with zero attached hydrogens (tertiary/aromatic N) is 2. The Balaban J connectivity index is 1.63. The Labute approximate surface area is 145 Å². The minimum Gasteiger partial charge on any atom is -0.444 e. The van der Waals surface area contributed by atoms with Crippen LogP contribution in [0.5, 0.6) is 0 Å². The Hall–Kier alpha value is -1.62. The summed E-state index contributed by atoms with van der Waals surface area (Å²) in [5, 5.41) is 0. The Morgan fingerprint density at radius 3 is 2.92 bits per heavy atom. The van der Waals surface area contributed by atoms with Gasteiger partial charge in [-0.1, -0.05) is 6.07 Å². The molecule has 1 aliphatic rings. The number of hydrogen-bond donors (Lipinski definition) is 0. The van der Waals surface area contributed by atoms with Gasteiger partial charge in [0.15, 0.2) is 0 Å². The molecule has 0 bridgehead atoms. The molecule has 2 rings (SSSR count). The number of amides is 1. The highest BCUT2D eigenvalue weighted by Crippen LogP contribution is 2.22. The zero-order chi connectivity index (χ0) is 17.4. The molecule has 1 unspecified atom stereocenters. The maximum Gasteiger partial charge on any atom is 0.410 e. The van der Waals surface area contributed by atoms with Crippen LogP contribution in [0.2, 0.25) is 0 Å². The highest BCUT2D eigenvalue weighted by molar-refractivity contribution is 5.68. The first-order valence-electron chi connectivity index (χ1n) is 8.89. The topological polar surface area (TPSA) is 51.7 Å². The van der Waals surface area contributed by atoms with E-state index in [9.17, 15) is 4.79 Å². The second kappa shape index (κ2) is 9.02. The maximum absolute atomic E-state index is 12.2. The van der Waals surface area contributed by atoms with E-state index in [0.29, 0.717) is 12.5 Å². The minimum atomic E-state index is -0.427. The fourth-order valence-corrected chi connectivity index (χ4v) is 2.93. The first-order chi connectivity index (χ1) is 11.4. The molecule has 0 aliphatic carbocycles. The molecule has 24 heavy (non-hydrogen) atoms. The number of hydrogen-bond acceptors (Lipinski definition) is 4. The fraction of sp³-hybridized carbons (Fsp3) is 0.684. The highest BCUT2D eigenvalue weighted by atomic mass is 16.6. The Morgan fingerprint density at radius 1 is 1.38 bits per heavy atom. The largest absolute Gasteiger partial charge is 0.444 e.